The van der Waals surface area contributed by atoms with Crippen LogP contribution in [0.2, 0.25) is 0 Å². The summed E-state index contributed by atoms with van der Waals surface area (Å²) in [6.07, 6.45) is -3.35. The number of alkyl halides is 3. The van der Waals surface area contributed by atoms with Gasteiger partial charge in [-0.05, 0) is 43.5 Å². The number of nitrogens with one attached hydrogen (secondary N) is 1. The van der Waals surface area contributed by atoms with E-state index in [1.165, 1.54) is 4.90 Å². The highest BCUT2D eigenvalue weighted by Gasteiger charge is 2.33. The molecule has 0 bridgehead atoms. The van der Waals surface area contributed by atoms with E-state index >= 15 is 0 Å². The van der Waals surface area contributed by atoms with Gasteiger partial charge in [0.1, 0.15) is 5.75 Å². The van der Waals surface area contributed by atoms with Crippen LogP contribution in [-0.4, -0.2) is 73.7 Å². The third-order valence-electron chi connectivity index (χ3n) is 4.98. The summed E-state index contributed by atoms with van der Waals surface area (Å²) in [5.74, 6) is 0.907. The molecule has 3 N–H and O–H groups in total. The fourth-order valence-corrected chi connectivity index (χ4v) is 3.58. The zero-order valence-corrected chi connectivity index (χ0v) is 18.1. The molecule has 7 nitrogen and oxygen atoms in total. The lowest BCUT2D eigenvalue weighted by Gasteiger charge is -2.26. The summed E-state index contributed by atoms with van der Waals surface area (Å²) in [6.45, 7) is 5.99. The molecule has 1 aromatic carbocycles. The highest BCUT2D eigenvalue weighted by molar-refractivity contribution is 5.80. The van der Waals surface area contributed by atoms with Crippen molar-refractivity contribution < 1.29 is 22.7 Å². The van der Waals surface area contributed by atoms with Gasteiger partial charge in [0.25, 0.3) is 5.91 Å². The van der Waals surface area contributed by atoms with E-state index in [4.69, 9.17) is 10.5 Å². The Labute approximate surface area is 181 Å². The van der Waals surface area contributed by atoms with Crippen molar-refractivity contribution in [2.24, 2.45) is 16.6 Å². The minimum Gasteiger partial charge on any atom is -0.484 e. The van der Waals surface area contributed by atoms with Gasteiger partial charge in [0.05, 0.1) is 13.1 Å². The molecule has 1 fully saturated rings. The number of hydrogen-bond acceptors (Lipinski definition) is 4. The van der Waals surface area contributed by atoms with E-state index in [1.54, 1.807) is 19.1 Å². The molecule has 0 radical (unpaired) electrons. The van der Waals surface area contributed by atoms with E-state index in [0.717, 1.165) is 24.5 Å². The van der Waals surface area contributed by atoms with Crippen molar-refractivity contribution in [1.29, 1.82) is 0 Å². The molecule has 1 aromatic rings. The Bertz CT molecular complexity index is 742. The van der Waals surface area contributed by atoms with E-state index in [2.05, 4.69) is 15.2 Å². The van der Waals surface area contributed by atoms with Crippen LogP contribution in [-0.2, 0) is 11.3 Å². The Hall–Kier alpha value is -2.49. The monoisotopic (exact) mass is 443 g/mol. The average Bonchev–Trinajstić information content (AvgIpc) is 3.16. The Morgan fingerprint density at radius 1 is 1.39 bits per heavy atom. The van der Waals surface area contributed by atoms with Gasteiger partial charge >= 0.3 is 6.18 Å². The number of carbonyl (C=O) groups excluding carboxylic acids is 1. The smallest absolute Gasteiger partial charge is 0.401 e. The van der Waals surface area contributed by atoms with Crippen LogP contribution in [0.4, 0.5) is 13.2 Å². The van der Waals surface area contributed by atoms with Gasteiger partial charge in [0.15, 0.2) is 12.6 Å². The summed E-state index contributed by atoms with van der Waals surface area (Å²) >= 11 is 0. The van der Waals surface area contributed by atoms with Crippen molar-refractivity contribution in [2.45, 2.75) is 33.0 Å². The number of primary amides is 1. The second-order valence-electron chi connectivity index (χ2n) is 7.62. The summed E-state index contributed by atoms with van der Waals surface area (Å²) in [6, 6.07) is 7.28. The molecule has 31 heavy (non-hydrogen) atoms. The van der Waals surface area contributed by atoms with Crippen molar-refractivity contribution in [1.82, 2.24) is 15.1 Å². The number of halogens is 3. The zero-order valence-electron chi connectivity index (χ0n) is 18.1. The second-order valence-corrected chi connectivity index (χ2v) is 7.62. The molecule has 10 heteroatoms. The highest BCUT2D eigenvalue weighted by Crippen LogP contribution is 2.22. The van der Waals surface area contributed by atoms with Crippen molar-refractivity contribution in [3.05, 3.63) is 29.8 Å². The van der Waals surface area contributed by atoms with E-state index in [1.807, 2.05) is 19.1 Å². The fraction of sp³-hybridized carbons (Fsp3) is 0.619. The lowest BCUT2D eigenvalue weighted by Crippen LogP contribution is -2.41. The first-order valence-electron chi connectivity index (χ1n) is 10.5. The van der Waals surface area contributed by atoms with Crippen LogP contribution in [0.3, 0.4) is 0 Å². The lowest BCUT2D eigenvalue weighted by molar-refractivity contribution is -0.146. The van der Waals surface area contributed by atoms with E-state index in [-0.39, 0.29) is 12.5 Å². The maximum atomic E-state index is 12.7. The third kappa shape index (κ3) is 9.04. The minimum atomic E-state index is -4.18. The van der Waals surface area contributed by atoms with Crippen molar-refractivity contribution in [3.63, 3.8) is 0 Å². The first-order chi connectivity index (χ1) is 14.7. The normalized spacial score (nSPS) is 17.3. The number of guanidine groups is 1. The van der Waals surface area contributed by atoms with Gasteiger partial charge in [0, 0.05) is 26.2 Å². The van der Waals surface area contributed by atoms with Gasteiger partial charge in [-0.3, -0.25) is 9.69 Å². The highest BCUT2D eigenvalue weighted by atomic mass is 19.4. The topological polar surface area (TPSA) is 83.2 Å². The van der Waals surface area contributed by atoms with Crippen LogP contribution in [0.1, 0.15) is 25.8 Å². The van der Waals surface area contributed by atoms with E-state index < -0.39 is 18.6 Å². The molecule has 0 aliphatic carbocycles. The first-order valence-corrected chi connectivity index (χ1v) is 10.5. The number of nitrogens with zero attached hydrogens (tertiary/aromatic N) is 3. The molecule has 174 valence electrons. The maximum absolute atomic E-state index is 12.7. The van der Waals surface area contributed by atoms with E-state index in [0.29, 0.717) is 38.5 Å². The summed E-state index contributed by atoms with van der Waals surface area (Å²) in [4.78, 5) is 19.1. The molecular formula is C21H32F3N5O2. The number of nitrogens with two attached hydrogens (primary N) is 1. The quantitative estimate of drug-likeness (QED) is 0.428. The number of ether oxygens (including phenoxy) is 1. The number of amides is 1. The summed E-state index contributed by atoms with van der Waals surface area (Å²) in [7, 11) is 0. The fourth-order valence-electron chi connectivity index (χ4n) is 3.58. The van der Waals surface area contributed by atoms with Crippen LogP contribution in [0.5, 0.6) is 5.75 Å². The predicted molar refractivity (Wildman–Crippen MR) is 114 cm³/mol. The van der Waals surface area contributed by atoms with Gasteiger partial charge in [-0.2, -0.15) is 13.2 Å². The number of aliphatic imine (C=N–C) groups is 1. The molecule has 1 unspecified atom stereocenters. The molecule has 1 amide bonds. The SMILES string of the molecule is CCNC(=NCc1cccc(OCC(N)=O)c1)N1CCC(CN(CC)CC(F)(F)F)C1. The number of rotatable bonds is 10. The third-order valence-corrected chi connectivity index (χ3v) is 4.98. The molecule has 2 rings (SSSR count). The van der Waals surface area contributed by atoms with Crippen LogP contribution in [0, 0.1) is 5.92 Å². The largest absolute Gasteiger partial charge is 0.484 e. The van der Waals surface area contributed by atoms with Gasteiger partial charge in [0.2, 0.25) is 0 Å². The van der Waals surface area contributed by atoms with E-state index in [9.17, 15) is 18.0 Å². The lowest BCUT2D eigenvalue weighted by atomic mass is 10.1. The number of hydrogen-bond donors (Lipinski definition) is 2. The molecule has 1 heterocycles. The Morgan fingerprint density at radius 2 is 2.16 bits per heavy atom. The Balaban J connectivity index is 1.97. The number of benzene rings is 1. The Kier molecular flexibility index (Phi) is 9.42. The Morgan fingerprint density at radius 3 is 2.81 bits per heavy atom. The second kappa shape index (κ2) is 11.8. The molecule has 1 atom stereocenters. The molecule has 1 saturated heterocycles. The standard InChI is InChI=1S/C21H32F3N5O2/c1-3-26-20(27-11-16-6-5-7-18(10-16)31-14-19(25)30)29-9-8-17(13-29)12-28(4-2)15-21(22,23)24/h5-7,10,17H,3-4,8-9,11-15H2,1-2H3,(H2,25,30)(H,26,27). The summed E-state index contributed by atoms with van der Waals surface area (Å²) in [5.41, 5.74) is 6.01. The van der Waals surface area contributed by atoms with Gasteiger partial charge in [-0.15, -0.1) is 0 Å². The molecule has 0 aromatic heterocycles. The van der Waals surface area contributed by atoms with Crippen molar-refractivity contribution in [2.75, 3.05) is 45.9 Å². The molecule has 0 saturated carbocycles. The molecule has 0 spiro atoms. The first kappa shape index (κ1) is 24.8. The zero-order chi connectivity index (χ0) is 22.9. The van der Waals surface area contributed by atoms with Crippen molar-refractivity contribution >= 4 is 11.9 Å². The molecule has 1 aliphatic heterocycles. The van der Waals surface area contributed by atoms with Crippen LogP contribution in [0.25, 0.3) is 0 Å². The van der Waals surface area contributed by atoms with Crippen LogP contribution in [0.15, 0.2) is 29.3 Å². The van der Waals surface area contributed by atoms with Crippen LogP contribution >= 0.6 is 0 Å². The van der Waals surface area contributed by atoms with Gasteiger partial charge < -0.3 is 20.7 Å². The number of likely N-dealkylation sites (tertiary alicyclic amines) is 1. The summed E-state index contributed by atoms with van der Waals surface area (Å²) in [5, 5.41) is 3.27. The number of carbonyl (C=O) groups is 1. The van der Waals surface area contributed by atoms with Crippen LogP contribution < -0.4 is 15.8 Å². The van der Waals surface area contributed by atoms with Gasteiger partial charge in [-0.1, -0.05) is 19.1 Å². The predicted octanol–water partition coefficient (Wildman–Crippen LogP) is 2.22. The average molecular weight is 444 g/mol. The maximum Gasteiger partial charge on any atom is 0.401 e. The summed E-state index contributed by atoms with van der Waals surface area (Å²) < 4.78 is 43.5. The molecule has 1 aliphatic rings. The van der Waals surface area contributed by atoms with Crippen molar-refractivity contribution in [3.8, 4) is 5.75 Å². The molecular weight excluding hydrogens is 411 g/mol. The minimum absolute atomic E-state index is 0.164. The van der Waals surface area contributed by atoms with Gasteiger partial charge in [-0.25, -0.2) is 4.99 Å².